The van der Waals surface area contributed by atoms with E-state index in [-0.39, 0.29) is 6.67 Å². The van der Waals surface area contributed by atoms with Gasteiger partial charge in [0.2, 0.25) is 5.13 Å². The lowest BCUT2D eigenvalue weighted by Gasteiger charge is -2.04. The minimum atomic E-state index is -0.362. The molecule has 3 rings (SSSR count). The second-order valence-electron chi connectivity index (χ2n) is 5.23. The zero-order valence-corrected chi connectivity index (χ0v) is 14.4. The van der Waals surface area contributed by atoms with Gasteiger partial charge < -0.3 is 4.74 Å². The molecule has 0 bridgehead atoms. The molecule has 0 saturated carbocycles. The van der Waals surface area contributed by atoms with Gasteiger partial charge in [0.15, 0.2) is 0 Å². The Morgan fingerprint density at radius 3 is 2.68 bits per heavy atom. The number of hydrazone groups is 1. The van der Waals surface area contributed by atoms with Crippen molar-refractivity contribution in [2.24, 2.45) is 5.10 Å². The number of benzene rings is 2. The zero-order valence-electron chi connectivity index (χ0n) is 13.6. The summed E-state index contributed by atoms with van der Waals surface area (Å²) >= 11 is 1.51. The Balaban J connectivity index is 1.54. The van der Waals surface area contributed by atoms with Crippen LogP contribution in [-0.2, 0) is 0 Å². The number of aromatic nitrogens is 1. The zero-order chi connectivity index (χ0) is 17.3. The highest BCUT2D eigenvalue weighted by atomic mass is 32.1. The number of anilines is 1. The van der Waals surface area contributed by atoms with Crippen molar-refractivity contribution in [3.8, 4) is 17.0 Å². The van der Waals surface area contributed by atoms with E-state index in [9.17, 15) is 4.39 Å². The van der Waals surface area contributed by atoms with Crippen LogP contribution in [0.15, 0.2) is 65.1 Å². The van der Waals surface area contributed by atoms with Crippen molar-refractivity contribution in [3.05, 3.63) is 65.5 Å². The maximum atomic E-state index is 12.0. The van der Waals surface area contributed by atoms with Gasteiger partial charge in [-0.2, -0.15) is 5.10 Å². The number of alkyl halides is 1. The molecule has 0 amide bonds. The fraction of sp³-hybridized carbons (Fsp3) is 0.158. The lowest BCUT2D eigenvalue weighted by molar-refractivity contribution is 0.289. The summed E-state index contributed by atoms with van der Waals surface area (Å²) in [6.07, 6.45) is 2.13. The van der Waals surface area contributed by atoms with Gasteiger partial charge in [0.1, 0.15) is 5.75 Å². The van der Waals surface area contributed by atoms with E-state index in [0.717, 1.165) is 27.7 Å². The highest BCUT2D eigenvalue weighted by molar-refractivity contribution is 7.14. The summed E-state index contributed by atoms with van der Waals surface area (Å²) in [5.41, 5.74) is 5.89. The van der Waals surface area contributed by atoms with Crippen LogP contribution in [0, 0.1) is 0 Å². The third-order valence-corrected chi connectivity index (χ3v) is 4.12. The van der Waals surface area contributed by atoms with Gasteiger partial charge in [0.05, 0.1) is 25.2 Å². The number of thiazole rings is 1. The Bertz CT molecular complexity index is 803. The van der Waals surface area contributed by atoms with Gasteiger partial charge >= 0.3 is 0 Å². The first-order chi connectivity index (χ1) is 12.3. The van der Waals surface area contributed by atoms with Crippen LogP contribution in [0.3, 0.4) is 0 Å². The topological polar surface area (TPSA) is 46.5 Å². The van der Waals surface area contributed by atoms with Crippen LogP contribution in [0.5, 0.6) is 5.75 Å². The maximum Gasteiger partial charge on any atom is 0.203 e. The molecule has 0 aliphatic carbocycles. The maximum absolute atomic E-state index is 12.0. The molecule has 0 aliphatic heterocycles. The van der Waals surface area contributed by atoms with Crippen molar-refractivity contribution in [3.63, 3.8) is 0 Å². The van der Waals surface area contributed by atoms with Crippen molar-refractivity contribution in [2.75, 3.05) is 18.7 Å². The first kappa shape index (κ1) is 17.1. The molecular weight excluding hydrogens is 337 g/mol. The van der Waals surface area contributed by atoms with Crippen LogP contribution in [0.4, 0.5) is 9.52 Å². The fourth-order valence-corrected chi connectivity index (χ4v) is 2.79. The first-order valence-corrected chi connectivity index (χ1v) is 8.82. The van der Waals surface area contributed by atoms with Crippen LogP contribution >= 0.6 is 11.3 Å². The highest BCUT2D eigenvalue weighted by Crippen LogP contribution is 2.24. The van der Waals surface area contributed by atoms with Crippen LogP contribution in [-0.4, -0.2) is 24.5 Å². The molecule has 6 heteroatoms. The average Bonchev–Trinajstić information content (AvgIpc) is 3.13. The second-order valence-corrected chi connectivity index (χ2v) is 6.09. The van der Waals surface area contributed by atoms with E-state index in [0.29, 0.717) is 13.0 Å². The van der Waals surface area contributed by atoms with Gasteiger partial charge in [0.25, 0.3) is 0 Å². The third kappa shape index (κ3) is 5.12. The Morgan fingerprint density at radius 1 is 1.12 bits per heavy atom. The van der Waals surface area contributed by atoms with E-state index in [1.54, 1.807) is 6.21 Å². The molecule has 1 aromatic heterocycles. The molecule has 1 N–H and O–H groups in total. The van der Waals surface area contributed by atoms with Crippen molar-refractivity contribution in [2.45, 2.75) is 6.42 Å². The molecule has 0 spiro atoms. The summed E-state index contributed by atoms with van der Waals surface area (Å²) in [7, 11) is 0. The van der Waals surface area contributed by atoms with Crippen LogP contribution in [0.2, 0.25) is 0 Å². The van der Waals surface area contributed by atoms with Crippen molar-refractivity contribution >= 4 is 22.7 Å². The Hall–Kier alpha value is -2.73. The van der Waals surface area contributed by atoms with E-state index in [4.69, 9.17) is 4.74 Å². The average molecular weight is 355 g/mol. The fourth-order valence-electron chi connectivity index (χ4n) is 2.12. The van der Waals surface area contributed by atoms with Crippen LogP contribution in [0.25, 0.3) is 11.3 Å². The molecule has 4 nitrogen and oxygen atoms in total. The Kier molecular flexibility index (Phi) is 6.11. The first-order valence-electron chi connectivity index (χ1n) is 7.94. The normalized spacial score (nSPS) is 10.9. The number of rotatable bonds is 8. The number of ether oxygens (including phenoxy) is 1. The summed E-state index contributed by atoms with van der Waals surface area (Å²) in [6, 6.07) is 17.5. The molecule has 0 radical (unpaired) electrons. The molecule has 0 atom stereocenters. The van der Waals surface area contributed by atoms with Crippen molar-refractivity contribution in [1.29, 1.82) is 0 Å². The number of hydrogen-bond donors (Lipinski definition) is 1. The molecule has 128 valence electrons. The van der Waals surface area contributed by atoms with E-state index in [2.05, 4.69) is 15.5 Å². The van der Waals surface area contributed by atoms with E-state index in [1.807, 2.05) is 60.0 Å². The second kappa shape index (κ2) is 8.94. The summed E-state index contributed by atoms with van der Waals surface area (Å²) in [4.78, 5) is 4.51. The molecular formula is C19H18FN3OS. The summed E-state index contributed by atoms with van der Waals surface area (Å²) in [5.74, 6) is 0.728. The van der Waals surface area contributed by atoms with Crippen LogP contribution < -0.4 is 10.2 Å². The molecule has 0 saturated heterocycles. The molecule has 0 unspecified atom stereocenters. The largest absolute Gasteiger partial charge is 0.493 e. The van der Waals surface area contributed by atoms with Gasteiger partial charge in [-0.15, -0.1) is 11.3 Å². The Labute approximate surface area is 150 Å². The quantitative estimate of drug-likeness (QED) is 0.352. The number of nitrogens with zero attached hydrogens (tertiary/aromatic N) is 2. The van der Waals surface area contributed by atoms with Crippen LogP contribution in [0.1, 0.15) is 12.0 Å². The van der Waals surface area contributed by atoms with Gasteiger partial charge in [-0.3, -0.25) is 9.82 Å². The molecule has 3 aromatic rings. The minimum Gasteiger partial charge on any atom is -0.493 e. The summed E-state index contributed by atoms with van der Waals surface area (Å²) < 4.78 is 17.4. The molecule has 1 heterocycles. The molecule has 0 aliphatic rings. The number of nitrogens with one attached hydrogen (secondary N) is 1. The van der Waals surface area contributed by atoms with Crippen molar-refractivity contribution < 1.29 is 9.13 Å². The van der Waals surface area contributed by atoms with Crippen molar-refractivity contribution in [1.82, 2.24) is 4.98 Å². The molecule has 2 aromatic carbocycles. The number of hydrogen-bond acceptors (Lipinski definition) is 5. The number of halogens is 1. The summed E-state index contributed by atoms with van der Waals surface area (Å²) in [5, 5.41) is 6.94. The third-order valence-electron chi connectivity index (χ3n) is 3.37. The molecule has 25 heavy (non-hydrogen) atoms. The van der Waals surface area contributed by atoms with Gasteiger partial charge in [-0.05, 0) is 29.8 Å². The minimum absolute atomic E-state index is 0.362. The monoisotopic (exact) mass is 355 g/mol. The van der Waals surface area contributed by atoms with Gasteiger partial charge in [-0.25, -0.2) is 4.98 Å². The predicted molar refractivity (Wildman–Crippen MR) is 101 cm³/mol. The predicted octanol–water partition coefficient (Wildman–Crippen LogP) is 4.99. The van der Waals surface area contributed by atoms with Gasteiger partial charge in [0, 0.05) is 17.4 Å². The van der Waals surface area contributed by atoms with E-state index < -0.39 is 0 Å². The van der Waals surface area contributed by atoms with E-state index >= 15 is 0 Å². The Morgan fingerprint density at radius 2 is 1.92 bits per heavy atom. The van der Waals surface area contributed by atoms with E-state index in [1.165, 1.54) is 11.3 Å². The smallest absolute Gasteiger partial charge is 0.203 e. The molecule has 0 fully saturated rings. The highest BCUT2D eigenvalue weighted by Gasteiger charge is 2.02. The standard InChI is InChI=1S/C19H18FN3OS/c20-11-4-12-24-17-9-7-15(8-10-17)13-21-23-19-22-18(14-25-19)16-5-2-1-3-6-16/h1-3,5-10,13-14H,4,11-12H2,(H,22,23). The lowest BCUT2D eigenvalue weighted by atomic mass is 10.2. The lowest BCUT2D eigenvalue weighted by Crippen LogP contribution is -1.98. The van der Waals surface area contributed by atoms with Gasteiger partial charge in [-0.1, -0.05) is 30.3 Å². The SMILES string of the molecule is FCCCOc1ccc(C=NNc2nc(-c3ccccc3)cs2)cc1. The summed E-state index contributed by atoms with van der Waals surface area (Å²) in [6.45, 7) is 0.0262.